The maximum atomic E-state index is 12.6. The molecule has 1 heterocycles. The van der Waals surface area contributed by atoms with Gasteiger partial charge in [0.25, 0.3) is 0 Å². The predicted molar refractivity (Wildman–Crippen MR) is 118 cm³/mol. The molecule has 0 atom stereocenters. The lowest BCUT2D eigenvalue weighted by Crippen LogP contribution is -2.16. The molecule has 0 saturated carbocycles. The van der Waals surface area contributed by atoms with E-state index in [-0.39, 0.29) is 11.7 Å². The number of anilines is 1. The van der Waals surface area contributed by atoms with Gasteiger partial charge in [0.1, 0.15) is 5.82 Å². The Morgan fingerprint density at radius 1 is 1.14 bits per heavy atom. The number of nitrogens with one attached hydrogen (secondary N) is 1. The molecule has 1 aromatic heterocycles. The molecular weight excluding hydrogens is 436 g/mol. The molecule has 28 heavy (non-hydrogen) atoms. The summed E-state index contributed by atoms with van der Waals surface area (Å²) in [6.07, 6.45) is 0.851. The molecule has 0 unspecified atom stereocenters. The van der Waals surface area contributed by atoms with Gasteiger partial charge in [0.2, 0.25) is 5.91 Å². The van der Waals surface area contributed by atoms with Crippen molar-refractivity contribution in [3.8, 4) is 5.69 Å². The fourth-order valence-corrected chi connectivity index (χ4v) is 4.42. The average molecular weight is 459 g/mol. The molecule has 0 saturated heterocycles. The highest BCUT2D eigenvalue weighted by Gasteiger charge is 2.15. The number of carbonyl (C=O) groups is 1. The van der Waals surface area contributed by atoms with Crippen molar-refractivity contribution in [1.29, 1.82) is 0 Å². The highest BCUT2D eigenvalue weighted by molar-refractivity contribution is 9.10. The number of halogens is 1. The zero-order valence-electron chi connectivity index (χ0n) is 16.4. The van der Waals surface area contributed by atoms with Crippen LogP contribution in [0.15, 0.2) is 46.0 Å². The third kappa shape index (κ3) is 4.64. The molecule has 2 aromatic carbocycles. The maximum absolute atomic E-state index is 12.6. The summed E-state index contributed by atoms with van der Waals surface area (Å²) in [5, 5.41) is 12.2. The number of hydrogen-bond donors (Lipinski definition) is 1. The van der Waals surface area contributed by atoms with Crippen molar-refractivity contribution in [2.45, 2.75) is 39.3 Å². The molecule has 1 amide bonds. The van der Waals surface area contributed by atoms with E-state index in [1.807, 2.05) is 42.7 Å². The van der Waals surface area contributed by atoms with E-state index < -0.39 is 0 Å². The van der Waals surface area contributed by atoms with E-state index in [0.29, 0.717) is 5.16 Å². The average Bonchev–Trinajstić information content (AvgIpc) is 3.03. The second-order valence-electron chi connectivity index (χ2n) is 6.65. The number of rotatable bonds is 6. The zero-order valence-corrected chi connectivity index (χ0v) is 18.8. The summed E-state index contributed by atoms with van der Waals surface area (Å²) in [6.45, 7) is 8.05. The van der Waals surface area contributed by atoms with E-state index in [0.717, 1.165) is 39.2 Å². The Kier molecular flexibility index (Phi) is 6.57. The lowest BCUT2D eigenvalue weighted by Gasteiger charge is -2.14. The van der Waals surface area contributed by atoms with Crippen LogP contribution in [0.5, 0.6) is 0 Å². The molecule has 1 N–H and O–H groups in total. The van der Waals surface area contributed by atoms with Crippen molar-refractivity contribution < 1.29 is 4.79 Å². The molecular formula is C21H23BrN4OS. The van der Waals surface area contributed by atoms with E-state index in [1.165, 1.54) is 17.3 Å². The molecule has 0 spiro atoms. The molecule has 146 valence electrons. The Balaban J connectivity index is 1.74. The number of thioether (sulfide) groups is 1. The molecule has 0 bridgehead atoms. The van der Waals surface area contributed by atoms with Gasteiger partial charge in [-0.2, -0.15) is 0 Å². The Labute approximate surface area is 178 Å². The fourth-order valence-electron chi connectivity index (χ4n) is 3.00. The lowest BCUT2D eigenvalue weighted by molar-refractivity contribution is -0.113. The Bertz CT molecular complexity index is 998. The quantitative estimate of drug-likeness (QED) is 0.512. The van der Waals surface area contributed by atoms with E-state index in [2.05, 4.69) is 57.4 Å². The van der Waals surface area contributed by atoms with Gasteiger partial charge in [0.15, 0.2) is 5.16 Å². The Morgan fingerprint density at radius 3 is 2.54 bits per heavy atom. The van der Waals surface area contributed by atoms with Gasteiger partial charge in [-0.1, -0.05) is 52.3 Å². The van der Waals surface area contributed by atoms with Crippen LogP contribution in [0.1, 0.15) is 29.4 Å². The van der Waals surface area contributed by atoms with Gasteiger partial charge >= 0.3 is 0 Å². The summed E-state index contributed by atoms with van der Waals surface area (Å²) in [4.78, 5) is 12.6. The van der Waals surface area contributed by atoms with Crippen molar-refractivity contribution in [3.63, 3.8) is 0 Å². The third-order valence-corrected chi connectivity index (χ3v) is 5.83. The second-order valence-corrected chi connectivity index (χ2v) is 8.51. The van der Waals surface area contributed by atoms with Gasteiger partial charge in [0.05, 0.1) is 5.75 Å². The molecule has 0 aliphatic rings. The van der Waals surface area contributed by atoms with Gasteiger partial charge in [-0.25, -0.2) is 0 Å². The number of aryl methyl sites for hydroxylation is 4. The largest absolute Gasteiger partial charge is 0.325 e. The van der Waals surface area contributed by atoms with Crippen LogP contribution in [-0.4, -0.2) is 26.4 Å². The Hall–Kier alpha value is -2.12. The highest BCUT2D eigenvalue weighted by atomic mass is 79.9. The van der Waals surface area contributed by atoms with Crippen LogP contribution < -0.4 is 5.32 Å². The van der Waals surface area contributed by atoms with Crippen molar-refractivity contribution in [1.82, 2.24) is 14.8 Å². The minimum Gasteiger partial charge on any atom is -0.325 e. The summed E-state index contributed by atoms with van der Waals surface area (Å²) >= 11 is 4.90. The number of aromatic nitrogens is 3. The van der Waals surface area contributed by atoms with Gasteiger partial charge in [0, 0.05) is 15.8 Å². The first-order valence-corrected chi connectivity index (χ1v) is 10.9. The fraction of sp³-hybridized carbons (Fsp3) is 0.286. The third-order valence-electron chi connectivity index (χ3n) is 4.45. The normalized spacial score (nSPS) is 10.9. The molecule has 0 fully saturated rings. The van der Waals surface area contributed by atoms with Crippen LogP contribution >= 0.6 is 27.7 Å². The summed E-state index contributed by atoms with van der Waals surface area (Å²) < 4.78 is 3.00. The number of nitrogens with zero attached hydrogens (tertiary/aromatic N) is 3. The Morgan fingerprint density at radius 2 is 1.86 bits per heavy atom. The molecule has 0 radical (unpaired) electrons. The van der Waals surface area contributed by atoms with E-state index in [9.17, 15) is 4.79 Å². The number of carbonyl (C=O) groups excluding carboxylic acids is 1. The van der Waals surface area contributed by atoms with Gasteiger partial charge in [-0.15, -0.1) is 10.2 Å². The first kappa shape index (κ1) is 20.6. The van der Waals surface area contributed by atoms with Crippen molar-refractivity contribution in [2.24, 2.45) is 0 Å². The van der Waals surface area contributed by atoms with E-state index in [4.69, 9.17) is 0 Å². The van der Waals surface area contributed by atoms with Crippen molar-refractivity contribution >= 4 is 39.3 Å². The molecule has 5 nitrogen and oxygen atoms in total. The van der Waals surface area contributed by atoms with Crippen LogP contribution in [-0.2, 0) is 11.2 Å². The topological polar surface area (TPSA) is 59.8 Å². The van der Waals surface area contributed by atoms with E-state index >= 15 is 0 Å². The minimum atomic E-state index is -0.0544. The lowest BCUT2D eigenvalue weighted by atomic mass is 10.1. The number of benzene rings is 2. The van der Waals surface area contributed by atoms with E-state index in [1.54, 1.807) is 0 Å². The first-order valence-electron chi connectivity index (χ1n) is 9.09. The smallest absolute Gasteiger partial charge is 0.234 e. The molecule has 0 aliphatic carbocycles. The number of amides is 1. The molecule has 7 heteroatoms. The van der Waals surface area contributed by atoms with Crippen LogP contribution in [0.3, 0.4) is 0 Å². The monoisotopic (exact) mass is 458 g/mol. The molecule has 3 rings (SSSR count). The van der Waals surface area contributed by atoms with Crippen LogP contribution in [0, 0.1) is 20.8 Å². The van der Waals surface area contributed by atoms with Gasteiger partial charge in [-0.05, 0) is 62.6 Å². The van der Waals surface area contributed by atoms with Crippen LogP contribution in [0.25, 0.3) is 5.69 Å². The van der Waals surface area contributed by atoms with Gasteiger partial charge < -0.3 is 5.32 Å². The predicted octanol–water partition coefficient (Wildman–Crippen LogP) is 5.25. The standard InChI is InChI=1S/C21H23BrN4OS/c1-5-16-11-17(22)10-14(3)20(16)23-19(27)12-28-21-25-24-15(4)26(21)18-8-6-13(2)7-9-18/h6-11H,5,12H2,1-4H3,(H,23,27). The van der Waals surface area contributed by atoms with Crippen LogP contribution in [0.4, 0.5) is 5.69 Å². The summed E-state index contributed by atoms with van der Waals surface area (Å²) in [5.41, 5.74) is 5.24. The molecule has 3 aromatic rings. The van der Waals surface area contributed by atoms with Gasteiger partial charge in [-0.3, -0.25) is 9.36 Å². The highest BCUT2D eigenvalue weighted by Crippen LogP contribution is 2.27. The minimum absolute atomic E-state index is 0.0544. The van der Waals surface area contributed by atoms with Crippen LogP contribution in [0.2, 0.25) is 0 Å². The molecule has 0 aliphatic heterocycles. The number of hydrogen-bond acceptors (Lipinski definition) is 4. The maximum Gasteiger partial charge on any atom is 0.234 e. The summed E-state index contributed by atoms with van der Waals surface area (Å²) in [7, 11) is 0. The summed E-state index contributed by atoms with van der Waals surface area (Å²) in [6, 6.07) is 12.2. The SMILES string of the molecule is CCc1cc(Br)cc(C)c1NC(=O)CSc1nnc(C)n1-c1ccc(C)cc1. The summed E-state index contributed by atoms with van der Waals surface area (Å²) in [5.74, 6) is 1.01. The van der Waals surface area contributed by atoms with Crippen molar-refractivity contribution in [3.05, 3.63) is 63.4 Å². The van der Waals surface area contributed by atoms with Crippen molar-refractivity contribution in [2.75, 3.05) is 11.1 Å². The zero-order chi connectivity index (χ0) is 20.3. The first-order chi connectivity index (χ1) is 13.4. The second kappa shape index (κ2) is 8.92.